The summed E-state index contributed by atoms with van der Waals surface area (Å²) < 4.78 is 1.59. The van der Waals surface area contributed by atoms with Gasteiger partial charge in [0.05, 0.1) is 6.04 Å². The molecule has 186 valence electrons. The molecular formula is C28H31N5O2S. The number of Topliss-reactive ketones (excluding diaryl/α,β-unsaturated/α-hetero) is 1. The lowest BCUT2D eigenvalue weighted by Gasteiger charge is -2.22. The molecule has 0 amide bonds. The first-order valence-corrected chi connectivity index (χ1v) is 13.2. The third kappa shape index (κ3) is 4.83. The van der Waals surface area contributed by atoms with Crippen LogP contribution in [0, 0.1) is 0 Å². The molecule has 0 spiro atoms. The van der Waals surface area contributed by atoms with Crippen molar-refractivity contribution in [2.75, 3.05) is 25.5 Å². The van der Waals surface area contributed by atoms with Gasteiger partial charge in [0.25, 0.3) is 5.56 Å². The Labute approximate surface area is 215 Å². The molecule has 4 aromatic rings. The molecule has 0 radical (unpaired) electrons. The minimum Gasteiger partial charge on any atom is -0.338 e. The molecule has 0 unspecified atom stereocenters. The van der Waals surface area contributed by atoms with Crippen LogP contribution in [0.2, 0.25) is 0 Å². The van der Waals surface area contributed by atoms with E-state index in [1.54, 1.807) is 11.6 Å². The van der Waals surface area contributed by atoms with E-state index in [2.05, 4.69) is 28.0 Å². The predicted octanol–water partition coefficient (Wildman–Crippen LogP) is 4.29. The second kappa shape index (κ2) is 10.3. The summed E-state index contributed by atoms with van der Waals surface area (Å²) in [6.07, 6.45) is 3.00. The van der Waals surface area contributed by atoms with Crippen molar-refractivity contribution in [1.82, 2.24) is 19.4 Å². The quantitative estimate of drug-likeness (QED) is 0.359. The molecule has 1 aliphatic rings. The summed E-state index contributed by atoms with van der Waals surface area (Å²) in [6, 6.07) is 18.0. The Morgan fingerprint density at radius 2 is 1.83 bits per heavy atom. The van der Waals surface area contributed by atoms with E-state index in [1.807, 2.05) is 50.5 Å². The number of nitrogens with zero attached hydrogens (tertiary/aromatic N) is 5. The van der Waals surface area contributed by atoms with Gasteiger partial charge in [0.15, 0.2) is 21.3 Å². The van der Waals surface area contributed by atoms with E-state index in [9.17, 15) is 9.59 Å². The van der Waals surface area contributed by atoms with Crippen LogP contribution in [0.15, 0.2) is 59.4 Å². The Morgan fingerprint density at radius 1 is 1.08 bits per heavy atom. The summed E-state index contributed by atoms with van der Waals surface area (Å²) in [6.45, 7) is 1.51. The summed E-state index contributed by atoms with van der Waals surface area (Å²) >= 11 is 1.41. The van der Waals surface area contributed by atoms with Gasteiger partial charge >= 0.3 is 0 Å². The topological polar surface area (TPSA) is 71.3 Å². The zero-order valence-electron chi connectivity index (χ0n) is 21.0. The van der Waals surface area contributed by atoms with Crippen LogP contribution in [0.4, 0.5) is 5.13 Å². The van der Waals surface area contributed by atoms with Crippen LogP contribution >= 0.6 is 11.3 Å². The normalized spacial score (nSPS) is 15.8. The Hall–Kier alpha value is -3.36. The van der Waals surface area contributed by atoms with Crippen LogP contribution in [0.25, 0.3) is 21.7 Å². The molecule has 1 atom stereocenters. The lowest BCUT2D eigenvalue weighted by Crippen LogP contribution is -2.36. The van der Waals surface area contributed by atoms with Gasteiger partial charge in [-0.3, -0.25) is 14.2 Å². The van der Waals surface area contributed by atoms with Crippen LogP contribution in [-0.2, 0) is 24.8 Å². The van der Waals surface area contributed by atoms with Crippen molar-refractivity contribution >= 4 is 32.6 Å². The number of carbonyl (C=O) groups excluding carboxylic acids is 1. The SMILES string of the molecule is CN(C)Cc1ccccc1-c1nc2sc(N3CCC[C@@H]3C(=O)CCc3ccccc3)nc2c(=O)n1C. The Bertz CT molecular complexity index is 1440. The first-order valence-electron chi connectivity index (χ1n) is 12.4. The highest BCUT2D eigenvalue weighted by molar-refractivity contribution is 7.21. The maximum atomic E-state index is 13.3. The summed E-state index contributed by atoms with van der Waals surface area (Å²) in [5.74, 6) is 0.867. The van der Waals surface area contributed by atoms with Crippen LogP contribution in [0.3, 0.4) is 0 Å². The summed E-state index contributed by atoms with van der Waals surface area (Å²) in [7, 11) is 5.80. The summed E-state index contributed by atoms with van der Waals surface area (Å²) in [4.78, 5) is 40.9. The van der Waals surface area contributed by atoms with Crippen molar-refractivity contribution in [2.45, 2.75) is 38.3 Å². The van der Waals surface area contributed by atoms with E-state index in [4.69, 9.17) is 9.97 Å². The van der Waals surface area contributed by atoms with E-state index < -0.39 is 0 Å². The van der Waals surface area contributed by atoms with E-state index in [1.165, 1.54) is 16.9 Å². The first kappa shape index (κ1) is 24.3. The van der Waals surface area contributed by atoms with Crippen molar-refractivity contribution < 1.29 is 4.79 Å². The van der Waals surface area contributed by atoms with Crippen LogP contribution < -0.4 is 10.5 Å². The molecule has 5 rings (SSSR count). The molecule has 1 fully saturated rings. The second-order valence-corrected chi connectivity index (χ2v) is 10.6. The lowest BCUT2D eigenvalue weighted by molar-refractivity contribution is -0.120. The maximum absolute atomic E-state index is 13.3. The van der Waals surface area contributed by atoms with Gasteiger partial charge in [-0.1, -0.05) is 65.9 Å². The molecule has 2 aromatic heterocycles. The fourth-order valence-electron chi connectivity index (χ4n) is 4.93. The van der Waals surface area contributed by atoms with Gasteiger partial charge in [-0.05, 0) is 44.5 Å². The average molecular weight is 502 g/mol. The van der Waals surface area contributed by atoms with Crippen LogP contribution in [0.5, 0.6) is 0 Å². The van der Waals surface area contributed by atoms with Gasteiger partial charge in [-0.2, -0.15) is 0 Å². The van der Waals surface area contributed by atoms with Crippen molar-refractivity contribution in [2.24, 2.45) is 7.05 Å². The van der Waals surface area contributed by atoms with Gasteiger partial charge < -0.3 is 9.80 Å². The van der Waals surface area contributed by atoms with Gasteiger partial charge in [0, 0.05) is 32.1 Å². The van der Waals surface area contributed by atoms with Crippen molar-refractivity contribution in [3.05, 3.63) is 76.1 Å². The zero-order chi connectivity index (χ0) is 25.2. The molecule has 8 heteroatoms. The molecule has 0 N–H and O–H groups in total. The standard InChI is InChI=1S/C28H31N5O2S/c1-31(2)18-20-12-7-8-13-21(20)25-30-26-24(27(35)32(25)3)29-28(36-26)33-17-9-14-22(33)23(34)16-15-19-10-5-4-6-11-19/h4-8,10-13,22H,9,14-18H2,1-3H3/t22-/m1/s1. The molecule has 36 heavy (non-hydrogen) atoms. The number of ketones is 1. The average Bonchev–Trinajstić information content (AvgIpc) is 3.53. The number of aromatic nitrogens is 3. The molecule has 7 nitrogen and oxygen atoms in total. The van der Waals surface area contributed by atoms with Gasteiger partial charge in [0.1, 0.15) is 5.82 Å². The van der Waals surface area contributed by atoms with E-state index >= 15 is 0 Å². The highest BCUT2D eigenvalue weighted by atomic mass is 32.1. The first-order chi connectivity index (χ1) is 17.4. The highest BCUT2D eigenvalue weighted by Crippen LogP contribution is 2.33. The number of thiazole rings is 1. The van der Waals surface area contributed by atoms with Gasteiger partial charge in [-0.25, -0.2) is 9.97 Å². The molecule has 2 aromatic carbocycles. The number of benzene rings is 2. The minimum absolute atomic E-state index is 0.164. The fraction of sp³-hybridized carbons (Fsp3) is 0.357. The molecular weight excluding hydrogens is 470 g/mol. The van der Waals surface area contributed by atoms with Gasteiger partial charge in [-0.15, -0.1) is 0 Å². The predicted molar refractivity (Wildman–Crippen MR) is 146 cm³/mol. The lowest BCUT2D eigenvalue weighted by atomic mass is 10.0. The summed E-state index contributed by atoms with van der Waals surface area (Å²) in [5.41, 5.74) is 3.43. The molecule has 0 bridgehead atoms. The van der Waals surface area contributed by atoms with Crippen molar-refractivity contribution in [3.8, 4) is 11.4 Å². The molecule has 1 aliphatic heterocycles. The van der Waals surface area contributed by atoms with E-state index in [0.29, 0.717) is 27.7 Å². The Balaban J connectivity index is 1.45. The monoisotopic (exact) mass is 501 g/mol. The number of anilines is 1. The molecule has 1 saturated heterocycles. The Morgan fingerprint density at radius 3 is 2.61 bits per heavy atom. The van der Waals surface area contributed by atoms with E-state index in [0.717, 1.165) is 43.5 Å². The number of carbonyl (C=O) groups is 1. The smallest absolute Gasteiger partial charge is 0.281 e. The number of hydrogen-bond acceptors (Lipinski definition) is 7. The third-order valence-corrected chi connectivity index (χ3v) is 7.73. The largest absolute Gasteiger partial charge is 0.338 e. The minimum atomic E-state index is -0.196. The molecule has 0 saturated carbocycles. The second-order valence-electron chi connectivity index (χ2n) is 9.65. The fourth-order valence-corrected chi connectivity index (χ4v) is 5.94. The van der Waals surface area contributed by atoms with E-state index in [-0.39, 0.29) is 17.4 Å². The molecule has 3 heterocycles. The van der Waals surface area contributed by atoms with Gasteiger partial charge in [0.2, 0.25) is 0 Å². The maximum Gasteiger partial charge on any atom is 0.281 e. The van der Waals surface area contributed by atoms with Crippen molar-refractivity contribution in [3.63, 3.8) is 0 Å². The number of fused-ring (bicyclic) bond motifs is 1. The van der Waals surface area contributed by atoms with Crippen molar-refractivity contribution in [1.29, 1.82) is 0 Å². The van der Waals surface area contributed by atoms with Crippen LogP contribution in [-0.4, -0.2) is 51.9 Å². The summed E-state index contributed by atoms with van der Waals surface area (Å²) in [5, 5.41) is 0.712. The zero-order valence-corrected chi connectivity index (χ0v) is 21.8. The Kier molecular flexibility index (Phi) is 6.98. The molecule has 0 aliphatic carbocycles. The number of hydrogen-bond donors (Lipinski definition) is 0. The number of aryl methyl sites for hydroxylation is 1. The highest BCUT2D eigenvalue weighted by Gasteiger charge is 2.33. The van der Waals surface area contributed by atoms with Crippen LogP contribution in [0.1, 0.15) is 30.4 Å². The number of rotatable bonds is 8. The third-order valence-electron chi connectivity index (χ3n) is 6.75.